The van der Waals surface area contributed by atoms with Gasteiger partial charge in [0, 0.05) is 25.8 Å². The molecule has 1 amide bonds. The highest BCUT2D eigenvalue weighted by Crippen LogP contribution is 2.12. The number of benzene rings is 1. The molecule has 5 heteroatoms. The third kappa shape index (κ3) is 5.61. The van der Waals surface area contributed by atoms with Gasteiger partial charge in [-0.25, -0.2) is 4.39 Å². The molecule has 1 aromatic carbocycles. The number of aliphatic hydroxyl groups is 1. The second-order valence-corrected chi connectivity index (χ2v) is 5.67. The molecule has 0 spiro atoms. The van der Waals surface area contributed by atoms with Gasteiger partial charge in [-0.2, -0.15) is 11.8 Å². The van der Waals surface area contributed by atoms with Crippen LogP contribution in [0.5, 0.6) is 0 Å². The van der Waals surface area contributed by atoms with Crippen LogP contribution in [-0.2, 0) is 11.3 Å². The van der Waals surface area contributed by atoms with Gasteiger partial charge in [0.15, 0.2) is 0 Å². The molecule has 19 heavy (non-hydrogen) atoms. The van der Waals surface area contributed by atoms with Crippen molar-refractivity contribution in [3.8, 4) is 0 Å². The Morgan fingerprint density at radius 2 is 2.16 bits per heavy atom. The first kappa shape index (κ1) is 16.0. The van der Waals surface area contributed by atoms with Gasteiger partial charge in [0.2, 0.25) is 5.91 Å². The summed E-state index contributed by atoms with van der Waals surface area (Å²) in [5.41, 5.74) is 0.520. The number of thioether (sulfide) groups is 1. The highest BCUT2D eigenvalue weighted by Gasteiger charge is 2.12. The zero-order valence-corrected chi connectivity index (χ0v) is 12.1. The van der Waals surface area contributed by atoms with Gasteiger partial charge in [-0.1, -0.05) is 25.1 Å². The largest absolute Gasteiger partial charge is 0.396 e. The van der Waals surface area contributed by atoms with E-state index in [1.807, 2.05) is 6.92 Å². The summed E-state index contributed by atoms with van der Waals surface area (Å²) in [6, 6.07) is 6.46. The Kier molecular flexibility index (Phi) is 6.87. The summed E-state index contributed by atoms with van der Waals surface area (Å²) in [5.74, 6) is 0.974. The molecule has 0 aromatic heterocycles. The molecule has 3 nitrogen and oxygen atoms in total. The third-order valence-electron chi connectivity index (χ3n) is 2.73. The summed E-state index contributed by atoms with van der Waals surface area (Å²) in [4.78, 5) is 13.4. The number of hydrogen-bond acceptors (Lipinski definition) is 3. The lowest BCUT2D eigenvalue weighted by Gasteiger charge is -2.18. The van der Waals surface area contributed by atoms with Gasteiger partial charge >= 0.3 is 0 Å². The Balaban J connectivity index is 2.39. The van der Waals surface area contributed by atoms with Crippen LogP contribution in [0.25, 0.3) is 0 Å². The number of nitrogens with zero attached hydrogens (tertiary/aromatic N) is 1. The second kappa shape index (κ2) is 8.17. The number of halogens is 1. The molecule has 0 aliphatic heterocycles. The molecule has 0 aliphatic rings. The smallest absolute Gasteiger partial charge is 0.232 e. The maximum absolute atomic E-state index is 13.4. The first-order valence-corrected chi connectivity index (χ1v) is 7.36. The van der Waals surface area contributed by atoms with Crippen molar-refractivity contribution in [2.45, 2.75) is 13.5 Å². The van der Waals surface area contributed by atoms with E-state index in [1.165, 1.54) is 22.7 Å². The number of rotatable bonds is 7. The summed E-state index contributed by atoms with van der Waals surface area (Å²) in [7, 11) is 1.67. The highest BCUT2D eigenvalue weighted by molar-refractivity contribution is 7.99. The van der Waals surface area contributed by atoms with Gasteiger partial charge in [-0.15, -0.1) is 0 Å². The first-order chi connectivity index (χ1) is 9.04. The third-order valence-corrected chi connectivity index (χ3v) is 3.99. The molecule has 1 unspecified atom stereocenters. The van der Waals surface area contributed by atoms with E-state index in [0.717, 1.165) is 5.75 Å². The van der Waals surface area contributed by atoms with Crippen molar-refractivity contribution in [1.82, 2.24) is 4.90 Å². The first-order valence-electron chi connectivity index (χ1n) is 6.20. The normalized spacial score (nSPS) is 12.2. The van der Waals surface area contributed by atoms with Crippen molar-refractivity contribution >= 4 is 17.7 Å². The molecule has 0 saturated carbocycles. The number of aliphatic hydroxyl groups excluding tert-OH is 1. The minimum atomic E-state index is -0.288. The van der Waals surface area contributed by atoms with Crippen molar-refractivity contribution in [2.75, 3.05) is 25.2 Å². The number of amides is 1. The van der Waals surface area contributed by atoms with Crippen LogP contribution in [0.15, 0.2) is 24.3 Å². The van der Waals surface area contributed by atoms with Gasteiger partial charge in [-0.3, -0.25) is 4.79 Å². The standard InChI is InChI=1S/C14H20FNO2S/c1-11(8-17)9-19-10-14(18)16(2)7-12-5-3-4-6-13(12)15/h3-6,11,17H,7-10H2,1-2H3. The Hall–Kier alpha value is -1.07. The van der Waals surface area contributed by atoms with E-state index in [-0.39, 0.29) is 30.8 Å². The predicted molar refractivity (Wildman–Crippen MR) is 76.4 cm³/mol. The monoisotopic (exact) mass is 285 g/mol. The second-order valence-electron chi connectivity index (χ2n) is 4.64. The molecular formula is C14H20FNO2S. The van der Waals surface area contributed by atoms with Crippen LogP contribution in [0.3, 0.4) is 0 Å². The molecule has 0 fully saturated rings. The predicted octanol–water partition coefficient (Wildman–Crippen LogP) is 2.15. The number of carbonyl (C=O) groups excluding carboxylic acids is 1. The van der Waals surface area contributed by atoms with E-state index < -0.39 is 0 Å². The zero-order chi connectivity index (χ0) is 14.3. The molecule has 0 saturated heterocycles. The average molecular weight is 285 g/mol. The van der Waals surface area contributed by atoms with Crippen LogP contribution < -0.4 is 0 Å². The molecular weight excluding hydrogens is 265 g/mol. The summed E-state index contributed by atoms with van der Waals surface area (Å²) in [5, 5.41) is 8.88. The van der Waals surface area contributed by atoms with Crippen LogP contribution in [0.1, 0.15) is 12.5 Å². The van der Waals surface area contributed by atoms with Crippen molar-refractivity contribution in [3.05, 3.63) is 35.6 Å². The fourth-order valence-corrected chi connectivity index (χ4v) is 2.50. The van der Waals surface area contributed by atoms with E-state index in [0.29, 0.717) is 11.3 Å². The lowest BCUT2D eigenvalue weighted by Crippen LogP contribution is -2.28. The fraction of sp³-hybridized carbons (Fsp3) is 0.500. The van der Waals surface area contributed by atoms with Crippen molar-refractivity contribution in [3.63, 3.8) is 0 Å². The van der Waals surface area contributed by atoms with Crippen LogP contribution in [0, 0.1) is 11.7 Å². The number of hydrogen-bond donors (Lipinski definition) is 1. The maximum atomic E-state index is 13.4. The molecule has 1 aromatic rings. The van der Waals surface area contributed by atoms with Gasteiger partial charge < -0.3 is 10.0 Å². The number of carbonyl (C=O) groups is 1. The summed E-state index contributed by atoms with van der Waals surface area (Å²) >= 11 is 1.49. The van der Waals surface area contributed by atoms with E-state index in [9.17, 15) is 9.18 Å². The Morgan fingerprint density at radius 3 is 2.79 bits per heavy atom. The summed E-state index contributed by atoms with van der Waals surface area (Å²) < 4.78 is 13.4. The van der Waals surface area contributed by atoms with Gasteiger partial charge in [0.25, 0.3) is 0 Å². The van der Waals surface area contributed by atoms with Crippen LogP contribution >= 0.6 is 11.8 Å². The fourth-order valence-electron chi connectivity index (χ4n) is 1.48. The van der Waals surface area contributed by atoms with Crippen LogP contribution in [0.4, 0.5) is 4.39 Å². The molecule has 106 valence electrons. The minimum Gasteiger partial charge on any atom is -0.396 e. The molecule has 1 N–H and O–H groups in total. The maximum Gasteiger partial charge on any atom is 0.232 e. The average Bonchev–Trinajstić information content (AvgIpc) is 2.40. The van der Waals surface area contributed by atoms with E-state index in [1.54, 1.807) is 25.2 Å². The lowest BCUT2D eigenvalue weighted by atomic mass is 10.2. The van der Waals surface area contributed by atoms with E-state index in [2.05, 4.69) is 0 Å². The van der Waals surface area contributed by atoms with E-state index >= 15 is 0 Å². The van der Waals surface area contributed by atoms with Crippen molar-refractivity contribution < 1.29 is 14.3 Å². The molecule has 0 aliphatic carbocycles. The molecule has 0 heterocycles. The summed E-state index contributed by atoms with van der Waals surface area (Å²) in [6.07, 6.45) is 0. The summed E-state index contributed by atoms with van der Waals surface area (Å²) in [6.45, 7) is 2.34. The van der Waals surface area contributed by atoms with Crippen LogP contribution in [-0.4, -0.2) is 41.1 Å². The van der Waals surface area contributed by atoms with Gasteiger partial charge in [0.1, 0.15) is 5.82 Å². The molecule has 0 bridgehead atoms. The minimum absolute atomic E-state index is 0.0293. The van der Waals surface area contributed by atoms with Crippen molar-refractivity contribution in [1.29, 1.82) is 0 Å². The Morgan fingerprint density at radius 1 is 1.47 bits per heavy atom. The topological polar surface area (TPSA) is 40.5 Å². The van der Waals surface area contributed by atoms with Crippen LogP contribution in [0.2, 0.25) is 0 Å². The van der Waals surface area contributed by atoms with Gasteiger partial charge in [-0.05, 0) is 17.7 Å². The molecule has 0 radical (unpaired) electrons. The van der Waals surface area contributed by atoms with E-state index in [4.69, 9.17) is 5.11 Å². The molecule has 1 atom stereocenters. The quantitative estimate of drug-likeness (QED) is 0.834. The Bertz CT molecular complexity index is 414. The Labute approximate surface area is 117 Å². The van der Waals surface area contributed by atoms with Crippen molar-refractivity contribution in [2.24, 2.45) is 5.92 Å². The lowest BCUT2D eigenvalue weighted by molar-refractivity contribution is -0.127. The molecule has 1 rings (SSSR count). The zero-order valence-electron chi connectivity index (χ0n) is 11.3. The van der Waals surface area contributed by atoms with Gasteiger partial charge in [0.05, 0.1) is 5.75 Å². The SMILES string of the molecule is CC(CO)CSCC(=O)N(C)Cc1ccccc1F. The highest BCUT2D eigenvalue weighted by atomic mass is 32.2.